The van der Waals surface area contributed by atoms with Crippen molar-refractivity contribution in [2.45, 2.75) is 0 Å². The van der Waals surface area contributed by atoms with Crippen LogP contribution in [0.1, 0.15) is 0 Å². The highest BCUT2D eigenvalue weighted by Crippen LogP contribution is 2.36. The van der Waals surface area contributed by atoms with Gasteiger partial charge in [-0.1, -0.05) is 0 Å². The number of rotatable bonds is 3. The maximum Gasteiger partial charge on any atom is 0.232 e. The van der Waals surface area contributed by atoms with E-state index < -0.39 is 5.96 Å². The minimum absolute atomic E-state index is 0. The first-order valence-corrected chi connectivity index (χ1v) is 8.20. The fraction of sp³-hybridized carbons (Fsp3) is 0. The van der Waals surface area contributed by atoms with Crippen molar-refractivity contribution in [3.63, 3.8) is 0 Å². The van der Waals surface area contributed by atoms with E-state index in [9.17, 15) is 0 Å². The van der Waals surface area contributed by atoms with Gasteiger partial charge in [-0.25, -0.2) is 4.98 Å². The average molecular weight is 404 g/mol. The minimum atomic E-state index is -0.399. The van der Waals surface area contributed by atoms with Crippen molar-refractivity contribution in [2.75, 3.05) is 5.43 Å². The molecule has 0 amide bonds. The van der Waals surface area contributed by atoms with Crippen molar-refractivity contribution in [1.29, 1.82) is 5.41 Å². The van der Waals surface area contributed by atoms with Crippen LogP contribution in [0, 0.1) is 5.41 Å². The number of guanidine groups is 2. The first-order valence-electron chi connectivity index (χ1n) is 7.32. The molecule has 0 aliphatic carbocycles. The third-order valence-corrected chi connectivity index (χ3v) is 4.34. The van der Waals surface area contributed by atoms with Gasteiger partial charge in [-0.2, -0.15) is 0 Å². The van der Waals surface area contributed by atoms with Crippen molar-refractivity contribution in [2.24, 2.45) is 32.5 Å². The molecule has 0 unspecified atom stereocenters. The largest absolute Gasteiger partial charge is 0.369 e. The third kappa shape index (κ3) is 3.18. The first kappa shape index (κ1) is 18.3. The lowest BCUT2D eigenvalue weighted by molar-refractivity contribution is 1.21. The van der Waals surface area contributed by atoms with Gasteiger partial charge in [-0.05, 0) is 12.1 Å². The molecule has 3 heterocycles. The van der Waals surface area contributed by atoms with Crippen LogP contribution in [0.25, 0.3) is 26.9 Å². The lowest BCUT2D eigenvalue weighted by atomic mass is 10.1. The zero-order valence-electron chi connectivity index (χ0n) is 13.6. The number of nitrogens with zero attached hydrogens (tertiary/aromatic N) is 6. The molecular weight excluding hydrogens is 390 g/mol. The maximum absolute atomic E-state index is 7.22. The normalized spacial score (nSPS) is 11.1. The lowest BCUT2D eigenvalue weighted by Gasteiger charge is -2.08. The Hall–Kier alpha value is -3.51. The first-order chi connectivity index (χ1) is 12.5. The van der Waals surface area contributed by atoms with Crippen LogP contribution in [0.3, 0.4) is 0 Å². The number of aromatic nitrogens is 3. The van der Waals surface area contributed by atoms with Gasteiger partial charge in [0.25, 0.3) is 0 Å². The number of anilines is 1. The zero-order chi connectivity index (χ0) is 18.3. The van der Waals surface area contributed by atoms with Gasteiger partial charge in [-0.3, -0.25) is 20.2 Å². The fourth-order valence-corrected chi connectivity index (χ4v) is 3.31. The van der Waals surface area contributed by atoms with Crippen molar-refractivity contribution >= 4 is 73.9 Å². The number of azo groups is 1. The summed E-state index contributed by atoms with van der Waals surface area (Å²) in [5.74, 6) is -0.506. The van der Waals surface area contributed by atoms with Crippen molar-refractivity contribution in [3.8, 4) is 0 Å². The molecule has 0 radical (unpaired) electrons. The number of benzene rings is 1. The molecule has 8 N–H and O–H groups in total. The minimum Gasteiger partial charge on any atom is -0.369 e. The van der Waals surface area contributed by atoms with Crippen LogP contribution in [0.4, 0.5) is 11.4 Å². The van der Waals surface area contributed by atoms with Crippen LogP contribution in [-0.4, -0.2) is 26.3 Å². The molecular formula is C14H14ClN11S. The van der Waals surface area contributed by atoms with Crippen molar-refractivity contribution in [1.82, 2.24) is 14.4 Å². The topological polar surface area (TPSA) is 181 Å². The van der Waals surface area contributed by atoms with Gasteiger partial charge in [0.2, 0.25) is 11.9 Å². The number of nitrogens with two attached hydrogens (primary N) is 3. The van der Waals surface area contributed by atoms with Crippen LogP contribution in [0.15, 0.2) is 45.2 Å². The van der Waals surface area contributed by atoms with Crippen molar-refractivity contribution < 1.29 is 0 Å². The molecule has 138 valence electrons. The Labute approximate surface area is 161 Å². The Bertz CT molecular complexity index is 1220. The molecule has 0 fully saturated rings. The van der Waals surface area contributed by atoms with Crippen LogP contribution in [-0.2, 0) is 0 Å². The molecule has 4 rings (SSSR count). The Balaban J connectivity index is 0.00000210. The van der Waals surface area contributed by atoms with Gasteiger partial charge in [0.05, 0.1) is 22.8 Å². The summed E-state index contributed by atoms with van der Waals surface area (Å²) in [6.07, 6.45) is 3.63. The van der Waals surface area contributed by atoms with E-state index >= 15 is 0 Å². The van der Waals surface area contributed by atoms with Gasteiger partial charge >= 0.3 is 0 Å². The quantitative estimate of drug-likeness (QED) is 0.151. The SMILES string of the molecule is Cl.N=C(N)N=Nc1ccc(NN=C(N)N)c2c1ncc1c2nc2sccn21. The summed E-state index contributed by atoms with van der Waals surface area (Å²) >= 11 is 1.51. The van der Waals surface area contributed by atoms with E-state index in [1.807, 2.05) is 16.0 Å². The smallest absolute Gasteiger partial charge is 0.232 e. The molecule has 0 saturated heterocycles. The molecule has 0 bridgehead atoms. The Morgan fingerprint density at radius 1 is 1.22 bits per heavy atom. The molecule has 0 aliphatic heterocycles. The van der Waals surface area contributed by atoms with Crippen LogP contribution in [0.2, 0.25) is 0 Å². The number of thiazole rings is 1. The van der Waals surface area contributed by atoms with E-state index in [2.05, 4.69) is 30.7 Å². The van der Waals surface area contributed by atoms with Gasteiger partial charge in [0, 0.05) is 11.6 Å². The highest BCUT2D eigenvalue weighted by molar-refractivity contribution is 7.15. The Kier molecular flexibility index (Phi) is 4.75. The third-order valence-electron chi connectivity index (χ3n) is 3.58. The molecule has 0 atom stereocenters. The van der Waals surface area contributed by atoms with E-state index in [0.717, 1.165) is 16.0 Å². The van der Waals surface area contributed by atoms with E-state index in [1.165, 1.54) is 11.3 Å². The summed E-state index contributed by atoms with van der Waals surface area (Å²) in [6, 6.07) is 3.41. The summed E-state index contributed by atoms with van der Waals surface area (Å²) in [5.41, 5.74) is 22.0. The van der Waals surface area contributed by atoms with Crippen LogP contribution in [0.5, 0.6) is 0 Å². The number of nitrogens with one attached hydrogen (secondary N) is 2. The summed E-state index contributed by atoms with van der Waals surface area (Å²) < 4.78 is 1.94. The summed E-state index contributed by atoms with van der Waals surface area (Å²) in [7, 11) is 0. The number of pyridine rings is 1. The average Bonchev–Trinajstić information content (AvgIpc) is 3.19. The number of fused-ring (bicyclic) bond motifs is 5. The van der Waals surface area contributed by atoms with Crippen LogP contribution >= 0.6 is 23.7 Å². The predicted molar refractivity (Wildman–Crippen MR) is 109 cm³/mol. The number of imidazole rings is 1. The second-order valence-electron chi connectivity index (χ2n) is 5.25. The number of hydrogen-bond acceptors (Lipinski definition) is 7. The van der Waals surface area contributed by atoms with Gasteiger partial charge in [0.15, 0.2) is 4.96 Å². The molecule has 0 saturated carbocycles. The number of hydrazone groups is 1. The highest BCUT2D eigenvalue weighted by Gasteiger charge is 2.16. The van der Waals surface area contributed by atoms with E-state index in [-0.39, 0.29) is 18.4 Å². The number of hydrogen-bond donors (Lipinski definition) is 5. The molecule has 4 aromatic rings. The van der Waals surface area contributed by atoms with E-state index in [4.69, 9.17) is 22.6 Å². The van der Waals surface area contributed by atoms with E-state index in [0.29, 0.717) is 22.3 Å². The van der Waals surface area contributed by atoms with E-state index in [1.54, 1.807) is 18.3 Å². The molecule has 0 spiro atoms. The lowest BCUT2D eigenvalue weighted by Crippen LogP contribution is -2.23. The highest BCUT2D eigenvalue weighted by atomic mass is 35.5. The number of halogens is 1. The van der Waals surface area contributed by atoms with Gasteiger partial charge < -0.3 is 17.2 Å². The summed E-state index contributed by atoms with van der Waals surface area (Å²) in [4.78, 5) is 10.0. The summed E-state index contributed by atoms with van der Waals surface area (Å²) in [6.45, 7) is 0. The monoisotopic (exact) mass is 403 g/mol. The Morgan fingerprint density at radius 2 is 2.04 bits per heavy atom. The fourth-order valence-electron chi connectivity index (χ4n) is 2.59. The predicted octanol–water partition coefficient (Wildman–Crippen LogP) is 2.10. The molecule has 3 aromatic heterocycles. The standard InChI is InChI=1S/C14H13N11S.ClH/c15-12(16)23-21-6-1-2-7(22-24-13(17)18)10-9(6)11-8(5-19-10)25-3-4-26-14(25)20-11;/h1-5,21H,(H3,17,18)(H4,15,16,23);1H. The Morgan fingerprint density at radius 3 is 2.78 bits per heavy atom. The molecule has 13 heteroatoms. The van der Waals surface area contributed by atoms with Crippen molar-refractivity contribution in [3.05, 3.63) is 29.9 Å². The summed E-state index contributed by atoms with van der Waals surface area (Å²) in [5, 5.41) is 21.3. The molecule has 27 heavy (non-hydrogen) atoms. The zero-order valence-corrected chi connectivity index (χ0v) is 15.3. The van der Waals surface area contributed by atoms with Gasteiger partial charge in [0.1, 0.15) is 16.7 Å². The maximum atomic E-state index is 7.22. The molecule has 0 aliphatic rings. The second-order valence-corrected chi connectivity index (χ2v) is 6.12. The molecule has 11 nitrogen and oxygen atoms in total. The second kappa shape index (κ2) is 7.01. The van der Waals surface area contributed by atoms with Gasteiger partial charge in [-0.15, -0.1) is 39.1 Å². The molecule has 1 aromatic carbocycles. The van der Waals surface area contributed by atoms with Crippen LogP contribution < -0.4 is 22.6 Å².